The number of nitrogens with zero attached hydrogens (tertiary/aromatic N) is 2. The highest BCUT2D eigenvalue weighted by molar-refractivity contribution is 7.87. The molecular formula is C12H26N4O2S. The second-order valence-electron chi connectivity index (χ2n) is 5.57. The average molecular weight is 290 g/mol. The molecule has 2 aliphatic rings. The van der Waals surface area contributed by atoms with E-state index in [9.17, 15) is 8.42 Å². The zero-order chi connectivity index (χ0) is 13.7. The normalized spacial score (nSPS) is 27.5. The van der Waals surface area contributed by atoms with Gasteiger partial charge in [-0.1, -0.05) is 6.42 Å². The van der Waals surface area contributed by atoms with Crippen LogP contribution in [0.5, 0.6) is 0 Å². The van der Waals surface area contributed by atoms with Crippen molar-refractivity contribution < 1.29 is 8.42 Å². The predicted molar refractivity (Wildman–Crippen MR) is 75.7 cm³/mol. The summed E-state index contributed by atoms with van der Waals surface area (Å²) in [5, 5.41) is 4.99. The molecule has 0 bridgehead atoms. The molecule has 0 radical (unpaired) electrons. The Kier molecular flexibility index (Phi) is 5.58. The zero-order valence-electron chi connectivity index (χ0n) is 11.8. The van der Waals surface area contributed by atoms with Crippen LogP contribution in [-0.2, 0) is 10.2 Å². The van der Waals surface area contributed by atoms with Crippen LogP contribution in [0.2, 0.25) is 0 Å². The molecule has 2 N–H and O–H groups in total. The molecule has 0 amide bonds. The van der Waals surface area contributed by atoms with E-state index >= 15 is 0 Å². The molecule has 7 heteroatoms. The Morgan fingerprint density at radius 1 is 1.11 bits per heavy atom. The summed E-state index contributed by atoms with van der Waals surface area (Å²) in [6, 6.07) is 0. The van der Waals surface area contributed by atoms with Crippen LogP contribution in [0.15, 0.2) is 0 Å². The van der Waals surface area contributed by atoms with Gasteiger partial charge < -0.3 is 5.32 Å². The molecule has 2 aliphatic heterocycles. The second-order valence-corrected chi connectivity index (χ2v) is 7.22. The smallest absolute Gasteiger partial charge is 0.292 e. The molecule has 1 unspecified atom stereocenters. The summed E-state index contributed by atoms with van der Waals surface area (Å²) < 4.78 is 26.3. The molecule has 112 valence electrons. The van der Waals surface area contributed by atoms with E-state index in [2.05, 4.69) is 10.1 Å². The van der Waals surface area contributed by atoms with E-state index in [0.717, 1.165) is 45.3 Å². The van der Waals surface area contributed by atoms with Gasteiger partial charge in [0.2, 0.25) is 0 Å². The van der Waals surface area contributed by atoms with E-state index in [0.29, 0.717) is 19.0 Å². The topological polar surface area (TPSA) is 64.7 Å². The summed E-state index contributed by atoms with van der Waals surface area (Å²) in [6.07, 6.45) is 5.41. The van der Waals surface area contributed by atoms with Crippen LogP contribution in [-0.4, -0.2) is 57.5 Å². The molecule has 0 aromatic heterocycles. The number of hydrogen-bond acceptors (Lipinski definition) is 4. The third-order valence-electron chi connectivity index (χ3n) is 3.91. The van der Waals surface area contributed by atoms with E-state index in [1.807, 2.05) is 12.1 Å². The first-order valence-electron chi connectivity index (χ1n) is 7.29. The second kappa shape index (κ2) is 6.99. The van der Waals surface area contributed by atoms with Crippen LogP contribution >= 0.6 is 0 Å². The third-order valence-corrected chi connectivity index (χ3v) is 5.42. The fraction of sp³-hybridized carbons (Fsp3) is 1.00. The van der Waals surface area contributed by atoms with E-state index in [4.69, 9.17) is 0 Å². The fourth-order valence-corrected chi connectivity index (χ4v) is 4.31. The minimum absolute atomic E-state index is 0.427. The standard InChI is InChI=1S/C12H26N4O2S/c1-13-10-12-6-5-9-16(11-12)19(17,18)14-15-7-3-2-4-8-15/h12-14H,2-11H2,1H3. The van der Waals surface area contributed by atoms with E-state index in [1.165, 1.54) is 6.42 Å². The largest absolute Gasteiger partial charge is 0.319 e. The van der Waals surface area contributed by atoms with Crippen LogP contribution in [0.3, 0.4) is 0 Å². The van der Waals surface area contributed by atoms with Gasteiger partial charge in [-0.15, -0.1) is 4.83 Å². The molecule has 2 saturated heterocycles. The SMILES string of the molecule is CNCC1CCCN(S(=O)(=O)NN2CCCCC2)C1. The van der Waals surface area contributed by atoms with Gasteiger partial charge in [-0.25, -0.2) is 5.01 Å². The molecule has 0 aromatic carbocycles. The maximum atomic E-state index is 12.4. The summed E-state index contributed by atoms with van der Waals surface area (Å²) in [5.41, 5.74) is 0. The Morgan fingerprint density at radius 3 is 2.53 bits per heavy atom. The summed E-state index contributed by atoms with van der Waals surface area (Å²) in [6.45, 7) is 3.81. The lowest BCUT2D eigenvalue weighted by Gasteiger charge is -2.34. The Hall–Kier alpha value is -0.210. The van der Waals surface area contributed by atoms with Crippen LogP contribution in [0.4, 0.5) is 0 Å². The third kappa shape index (κ3) is 4.39. The van der Waals surface area contributed by atoms with E-state index < -0.39 is 10.2 Å². The monoisotopic (exact) mass is 290 g/mol. The molecule has 0 aliphatic carbocycles. The van der Waals surface area contributed by atoms with E-state index in [1.54, 1.807) is 4.31 Å². The number of hydrazine groups is 1. The summed E-state index contributed by atoms with van der Waals surface area (Å²) >= 11 is 0. The van der Waals surface area contributed by atoms with Crippen molar-refractivity contribution in [3.8, 4) is 0 Å². The predicted octanol–water partition coefficient (Wildman–Crippen LogP) is 0.153. The highest BCUT2D eigenvalue weighted by Gasteiger charge is 2.30. The summed E-state index contributed by atoms with van der Waals surface area (Å²) in [5.74, 6) is 0.427. The number of piperidine rings is 2. The first-order chi connectivity index (χ1) is 9.12. The van der Waals surface area contributed by atoms with Gasteiger partial charge in [0.05, 0.1) is 0 Å². The van der Waals surface area contributed by atoms with Gasteiger partial charge in [-0.2, -0.15) is 12.7 Å². The maximum absolute atomic E-state index is 12.4. The van der Waals surface area contributed by atoms with Crippen molar-refractivity contribution in [3.05, 3.63) is 0 Å². The van der Waals surface area contributed by atoms with Crippen molar-refractivity contribution in [2.24, 2.45) is 5.92 Å². The lowest BCUT2D eigenvalue weighted by atomic mass is 10.00. The van der Waals surface area contributed by atoms with Crippen LogP contribution in [0.25, 0.3) is 0 Å². The lowest BCUT2D eigenvalue weighted by molar-refractivity contribution is 0.185. The minimum atomic E-state index is -3.35. The van der Waals surface area contributed by atoms with Gasteiger partial charge in [-0.3, -0.25) is 0 Å². The molecule has 0 aromatic rings. The number of hydrogen-bond donors (Lipinski definition) is 2. The van der Waals surface area contributed by atoms with Crippen LogP contribution in [0, 0.1) is 5.92 Å². The van der Waals surface area contributed by atoms with E-state index in [-0.39, 0.29) is 0 Å². The Bertz CT molecular complexity index is 366. The van der Waals surface area contributed by atoms with Gasteiger partial charge >= 0.3 is 0 Å². The van der Waals surface area contributed by atoms with Crippen molar-refractivity contribution in [1.29, 1.82) is 0 Å². The van der Waals surface area contributed by atoms with Crippen LogP contribution in [0.1, 0.15) is 32.1 Å². The quantitative estimate of drug-likeness (QED) is 0.757. The minimum Gasteiger partial charge on any atom is -0.319 e. The van der Waals surface area contributed by atoms with Crippen molar-refractivity contribution in [3.63, 3.8) is 0 Å². The highest BCUT2D eigenvalue weighted by atomic mass is 32.2. The van der Waals surface area contributed by atoms with Crippen LogP contribution < -0.4 is 10.1 Å². The van der Waals surface area contributed by atoms with Gasteiger partial charge in [0.1, 0.15) is 0 Å². The molecule has 0 saturated carbocycles. The van der Waals surface area contributed by atoms with Crippen molar-refractivity contribution >= 4 is 10.2 Å². The first-order valence-corrected chi connectivity index (χ1v) is 8.73. The van der Waals surface area contributed by atoms with Gasteiger partial charge in [-0.05, 0) is 45.2 Å². The molecule has 2 rings (SSSR count). The van der Waals surface area contributed by atoms with Crippen molar-refractivity contribution in [2.75, 3.05) is 39.8 Å². The van der Waals surface area contributed by atoms with Crippen molar-refractivity contribution in [1.82, 2.24) is 19.5 Å². The lowest BCUT2D eigenvalue weighted by Crippen LogP contribution is -2.53. The molecule has 2 fully saturated rings. The summed E-state index contributed by atoms with van der Waals surface area (Å²) in [7, 11) is -1.44. The Labute approximate surface area is 116 Å². The molecule has 1 atom stereocenters. The first kappa shape index (κ1) is 15.2. The van der Waals surface area contributed by atoms with Gasteiger partial charge in [0, 0.05) is 26.2 Å². The Morgan fingerprint density at radius 2 is 1.84 bits per heavy atom. The Balaban J connectivity index is 1.90. The average Bonchev–Trinajstić information content (AvgIpc) is 2.40. The molecule has 6 nitrogen and oxygen atoms in total. The fourth-order valence-electron chi connectivity index (χ4n) is 2.91. The number of rotatable bonds is 5. The summed E-state index contributed by atoms with van der Waals surface area (Å²) in [4.78, 5) is 2.74. The zero-order valence-corrected chi connectivity index (χ0v) is 12.6. The highest BCUT2D eigenvalue weighted by Crippen LogP contribution is 2.18. The van der Waals surface area contributed by atoms with Gasteiger partial charge in [0.25, 0.3) is 10.2 Å². The van der Waals surface area contributed by atoms with Gasteiger partial charge in [0.15, 0.2) is 0 Å². The number of nitrogens with one attached hydrogen (secondary N) is 2. The molecule has 19 heavy (non-hydrogen) atoms. The molecule has 2 heterocycles. The maximum Gasteiger partial charge on any atom is 0.292 e. The van der Waals surface area contributed by atoms with Crippen molar-refractivity contribution in [2.45, 2.75) is 32.1 Å². The molecular weight excluding hydrogens is 264 g/mol. The molecule has 0 spiro atoms.